The van der Waals surface area contributed by atoms with Gasteiger partial charge in [0.15, 0.2) is 0 Å². The van der Waals surface area contributed by atoms with Crippen molar-refractivity contribution in [2.75, 3.05) is 5.75 Å². The molecule has 0 aromatic rings. The van der Waals surface area contributed by atoms with E-state index >= 15 is 0 Å². The van der Waals surface area contributed by atoms with Gasteiger partial charge in [-0.3, -0.25) is 0 Å². The zero-order valence-corrected chi connectivity index (χ0v) is 4.49. The number of hydrogen-bond donors (Lipinski definition) is 1. The van der Waals surface area contributed by atoms with Crippen LogP contribution in [-0.2, 0) is 0 Å². The summed E-state index contributed by atoms with van der Waals surface area (Å²) in [6.45, 7) is 3.48. The number of thiol groups is 1. The molecule has 0 radical (unpaired) electrons. The minimum absolute atomic E-state index is 0.798. The maximum Gasteiger partial charge on any atom is 0.00856 e. The zero-order chi connectivity index (χ0) is 4.83. The van der Waals surface area contributed by atoms with Gasteiger partial charge in [-0.15, -0.1) is 0 Å². The van der Waals surface area contributed by atoms with Crippen LogP contribution in [0.2, 0.25) is 0 Å². The van der Waals surface area contributed by atoms with E-state index in [1.807, 2.05) is 12.2 Å². The minimum Gasteiger partial charge on any atom is -0.175 e. The Morgan fingerprint density at radius 3 is 2.50 bits per heavy atom. The Morgan fingerprint density at radius 1 is 1.67 bits per heavy atom. The third kappa shape index (κ3) is 3.83. The van der Waals surface area contributed by atoms with Crippen molar-refractivity contribution in [2.24, 2.45) is 0 Å². The second kappa shape index (κ2) is 4.83. The normalized spacial score (nSPS) is 9.50. The van der Waals surface area contributed by atoms with Crippen molar-refractivity contribution < 1.29 is 0 Å². The molecule has 0 spiro atoms. The van der Waals surface area contributed by atoms with Crippen LogP contribution in [0.3, 0.4) is 0 Å². The van der Waals surface area contributed by atoms with Crippen molar-refractivity contribution >= 4 is 12.6 Å². The summed E-state index contributed by atoms with van der Waals surface area (Å²) in [6.07, 6.45) is 5.53. The molecule has 0 fully saturated rings. The first-order chi connectivity index (χ1) is 2.91. The van der Waals surface area contributed by atoms with Crippen LogP contribution in [0.5, 0.6) is 0 Å². The van der Waals surface area contributed by atoms with Gasteiger partial charge in [-0.25, -0.2) is 0 Å². The van der Waals surface area contributed by atoms with E-state index in [2.05, 4.69) is 19.2 Å². The van der Waals surface area contributed by atoms with Crippen LogP contribution in [0, 0.1) is 0 Å². The first-order valence-corrected chi connectivity index (χ1v) is 2.43. The Morgan fingerprint density at radius 2 is 2.33 bits per heavy atom. The van der Waals surface area contributed by atoms with E-state index in [9.17, 15) is 0 Å². The molecule has 1 heteroatoms. The van der Waals surface area contributed by atoms with E-state index in [0.29, 0.717) is 0 Å². The lowest BCUT2D eigenvalue weighted by Crippen LogP contribution is -1.53. The molecule has 0 aromatic heterocycles. The molecule has 6 heavy (non-hydrogen) atoms. The van der Waals surface area contributed by atoms with Crippen molar-refractivity contribution in [3.63, 3.8) is 0 Å². The topological polar surface area (TPSA) is 0 Å². The Kier molecular flexibility index (Phi) is 4.69. The fourth-order valence-electron chi connectivity index (χ4n) is 0.157. The van der Waals surface area contributed by atoms with E-state index in [1.54, 1.807) is 6.08 Å². The summed E-state index contributed by atoms with van der Waals surface area (Å²) in [6, 6.07) is 0. The fraction of sp³-hybridized carbons (Fsp3) is 0.200. The highest BCUT2D eigenvalue weighted by molar-refractivity contribution is 7.80. The second-order valence-electron chi connectivity index (χ2n) is 0.846. The first-order valence-electron chi connectivity index (χ1n) is 1.80. The molecule has 34 valence electrons. The van der Waals surface area contributed by atoms with Crippen LogP contribution >= 0.6 is 12.6 Å². The van der Waals surface area contributed by atoms with Gasteiger partial charge >= 0.3 is 0 Å². The van der Waals surface area contributed by atoms with Crippen LogP contribution < -0.4 is 0 Å². The summed E-state index contributed by atoms with van der Waals surface area (Å²) in [5.41, 5.74) is 0. The van der Waals surface area contributed by atoms with Crippen LogP contribution in [0.1, 0.15) is 0 Å². The Hall–Kier alpha value is -0.170. The molecule has 0 rings (SSSR count). The van der Waals surface area contributed by atoms with Crippen molar-refractivity contribution in [1.82, 2.24) is 0 Å². The largest absolute Gasteiger partial charge is 0.175 e. The molecule has 0 amide bonds. The minimum atomic E-state index is 0.798. The molecule has 0 saturated heterocycles. The van der Waals surface area contributed by atoms with Gasteiger partial charge in [-0.2, -0.15) is 12.6 Å². The van der Waals surface area contributed by atoms with E-state index in [0.717, 1.165) is 5.75 Å². The molecular weight excluding hydrogens is 92.1 g/mol. The zero-order valence-electron chi connectivity index (χ0n) is 3.59. The van der Waals surface area contributed by atoms with Crippen molar-refractivity contribution in [3.8, 4) is 0 Å². The maximum atomic E-state index is 3.92. The predicted molar refractivity (Wildman–Crippen MR) is 33.2 cm³/mol. The molecule has 0 aliphatic heterocycles. The molecular formula is C5H8S. The Labute approximate surface area is 44.0 Å². The van der Waals surface area contributed by atoms with E-state index < -0.39 is 0 Å². The number of allylic oxidation sites excluding steroid dienone is 2. The molecule has 0 unspecified atom stereocenters. The molecule has 0 bridgehead atoms. The highest BCUT2D eigenvalue weighted by atomic mass is 32.1. The summed E-state index contributed by atoms with van der Waals surface area (Å²) in [4.78, 5) is 0. The number of hydrogen-bond acceptors (Lipinski definition) is 1. The molecule has 0 nitrogen and oxygen atoms in total. The van der Waals surface area contributed by atoms with Gasteiger partial charge in [0.25, 0.3) is 0 Å². The molecule has 0 aromatic carbocycles. The third-order valence-corrected chi connectivity index (χ3v) is 0.588. The summed E-state index contributed by atoms with van der Waals surface area (Å²) in [5.74, 6) is 0.798. The summed E-state index contributed by atoms with van der Waals surface area (Å²) >= 11 is 3.92. The summed E-state index contributed by atoms with van der Waals surface area (Å²) in [7, 11) is 0. The van der Waals surface area contributed by atoms with Crippen molar-refractivity contribution in [3.05, 3.63) is 24.8 Å². The van der Waals surface area contributed by atoms with Gasteiger partial charge in [0, 0.05) is 5.75 Å². The second-order valence-corrected chi connectivity index (χ2v) is 1.21. The summed E-state index contributed by atoms with van der Waals surface area (Å²) in [5, 5.41) is 0. The Bertz CT molecular complexity index is 55.0. The van der Waals surface area contributed by atoms with Gasteiger partial charge < -0.3 is 0 Å². The van der Waals surface area contributed by atoms with Crippen LogP contribution in [0.4, 0.5) is 0 Å². The third-order valence-electron chi connectivity index (χ3n) is 0.378. The molecule has 0 saturated carbocycles. The van der Waals surface area contributed by atoms with Crippen LogP contribution in [0.15, 0.2) is 24.8 Å². The van der Waals surface area contributed by atoms with Crippen molar-refractivity contribution in [1.29, 1.82) is 0 Å². The first kappa shape index (κ1) is 5.83. The maximum absolute atomic E-state index is 3.92. The molecule has 0 heterocycles. The van der Waals surface area contributed by atoms with E-state index in [4.69, 9.17) is 0 Å². The quantitative estimate of drug-likeness (QED) is 0.396. The number of rotatable bonds is 2. The van der Waals surface area contributed by atoms with E-state index in [1.165, 1.54) is 0 Å². The van der Waals surface area contributed by atoms with Crippen molar-refractivity contribution in [2.45, 2.75) is 0 Å². The SMILES string of the molecule is C=C/C=C\CS. The lowest BCUT2D eigenvalue weighted by Gasteiger charge is -1.67. The molecule has 0 N–H and O–H groups in total. The average Bonchev–Trinajstić information content (AvgIpc) is 1.61. The van der Waals surface area contributed by atoms with Gasteiger partial charge in [0.05, 0.1) is 0 Å². The monoisotopic (exact) mass is 100 g/mol. The Balaban J connectivity index is 2.94. The van der Waals surface area contributed by atoms with Crippen LogP contribution in [-0.4, -0.2) is 5.75 Å². The smallest absolute Gasteiger partial charge is 0.00856 e. The molecule has 0 aliphatic rings. The highest BCUT2D eigenvalue weighted by Gasteiger charge is 1.55. The fourth-order valence-corrected chi connectivity index (χ4v) is 0.279. The highest BCUT2D eigenvalue weighted by Crippen LogP contribution is 1.75. The molecule has 0 aliphatic carbocycles. The van der Waals surface area contributed by atoms with Gasteiger partial charge in [-0.05, 0) is 0 Å². The lowest BCUT2D eigenvalue weighted by atomic mass is 10.5. The lowest BCUT2D eigenvalue weighted by molar-refractivity contribution is 1.78. The van der Waals surface area contributed by atoms with Crippen LogP contribution in [0.25, 0.3) is 0 Å². The standard InChI is InChI=1S/C5H8S/c1-2-3-4-5-6/h2-4,6H,1,5H2/b4-3-. The van der Waals surface area contributed by atoms with Gasteiger partial charge in [-0.1, -0.05) is 24.8 Å². The van der Waals surface area contributed by atoms with Gasteiger partial charge in [0.2, 0.25) is 0 Å². The van der Waals surface area contributed by atoms with E-state index in [-0.39, 0.29) is 0 Å². The summed E-state index contributed by atoms with van der Waals surface area (Å²) < 4.78 is 0. The predicted octanol–water partition coefficient (Wildman–Crippen LogP) is 1.66. The molecule has 0 atom stereocenters. The van der Waals surface area contributed by atoms with Gasteiger partial charge in [0.1, 0.15) is 0 Å². The average molecular weight is 100 g/mol.